The Balaban J connectivity index is 2.08. The molecule has 0 spiro atoms. The van der Waals surface area contributed by atoms with Crippen LogP contribution in [0, 0.1) is 10.1 Å². The molecular weight excluding hydrogens is 272 g/mol. The molecule has 1 heterocycles. The molecule has 1 fully saturated rings. The summed E-state index contributed by atoms with van der Waals surface area (Å²) in [6.45, 7) is 5.56. The van der Waals surface area contributed by atoms with E-state index in [-0.39, 0.29) is 16.7 Å². The predicted molar refractivity (Wildman–Crippen MR) is 83.0 cm³/mol. The minimum Gasteiger partial charge on any atom is -0.380 e. The van der Waals surface area contributed by atoms with Crippen molar-refractivity contribution in [2.45, 2.75) is 13.0 Å². The second-order valence-corrected chi connectivity index (χ2v) is 5.13. The van der Waals surface area contributed by atoms with E-state index in [1.165, 1.54) is 0 Å². The molecule has 7 nitrogen and oxygen atoms in total. The van der Waals surface area contributed by atoms with Crippen molar-refractivity contribution in [2.24, 2.45) is 0 Å². The van der Waals surface area contributed by atoms with Gasteiger partial charge >= 0.3 is 5.69 Å². The molecule has 1 aliphatic rings. The first kappa shape index (κ1) is 15.5. The van der Waals surface area contributed by atoms with Crippen molar-refractivity contribution in [3.63, 3.8) is 0 Å². The van der Waals surface area contributed by atoms with Gasteiger partial charge in [-0.15, -0.1) is 0 Å². The highest BCUT2D eigenvalue weighted by molar-refractivity contribution is 5.76. The van der Waals surface area contributed by atoms with E-state index >= 15 is 0 Å². The van der Waals surface area contributed by atoms with E-state index in [1.807, 2.05) is 14.0 Å². The average molecular weight is 294 g/mol. The van der Waals surface area contributed by atoms with Crippen LogP contribution in [0.25, 0.3) is 0 Å². The number of anilines is 2. The SMILES string of the molecule is CCNc1cccc(NCC2CN(C)CCO2)c1[N+](=O)[O-]. The number of rotatable bonds is 6. The van der Waals surface area contributed by atoms with E-state index in [4.69, 9.17) is 4.74 Å². The van der Waals surface area contributed by atoms with E-state index in [0.717, 1.165) is 13.1 Å². The number of morpholine rings is 1. The van der Waals surface area contributed by atoms with Gasteiger partial charge in [0.1, 0.15) is 11.4 Å². The molecule has 1 aromatic carbocycles. The van der Waals surface area contributed by atoms with Crippen LogP contribution in [0.5, 0.6) is 0 Å². The van der Waals surface area contributed by atoms with Crippen LogP contribution >= 0.6 is 0 Å². The average Bonchev–Trinajstić information content (AvgIpc) is 2.45. The fourth-order valence-electron chi connectivity index (χ4n) is 2.43. The lowest BCUT2D eigenvalue weighted by molar-refractivity contribution is -0.383. The minimum absolute atomic E-state index is 0.0474. The minimum atomic E-state index is -0.353. The van der Waals surface area contributed by atoms with Gasteiger partial charge in [0.2, 0.25) is 0 Å². The first-order valence-corrected chi connectivity index (χ1v) is 7.17. The van der Waals surface area contributed by atoms with Crippen LogP contribution in [0.4, 0.5) is 17.1 Å². The molecule has 2 N–H and O–H groups in total. The number of nitro groups is 1. The van der Waals surface area contributed by atoms with Crippen molar-refractivity contribution in [1.29, 1.82) is 0 Å². The molecule has 0 saturated carbocycles. The number of nitrogens with one attached hydrogen (secondary N) is 2. The first-order chi connectivity index (χ1) is 10.1. The third-order valence-corrected chi connectivity index (χ3v) is 3.45. The van der Waals surface area contributed by atoms with Crippen LogP contribution in [0.3, 0.4) is 0 Å². The van der Waals surface area contributed by atoms with Gasteiger partial charge in [0, 0.05) is 26.2 Å². The summed E-state index contributed by atoms with van der Waals surface area (Å²) in [5.74, 6) is 0. The molecule has 0 radical (unpaired) electrons. The predicted octanol–water partition coefficient (Wildman–Crippen LogP) is 1.77. The maximum atomic E-state index is 11.3. The topological polar surface area (TPSA) is 79.7 Å². The Labute approximate surface area is 124 Å². The van der Waals surface area contributed by atoms with E-state index in [2.05, 4.69) is 15.5 Å². The molecule has 0 aromatic heterocycles. The summed E-state index contributed by atoms with van der Waals surface area (Å²) in [6.07, 6.45) is 0.0474. The maximum absolute atomic E-state index is 11.3. The maximum Gasteiger partial charge on any atom is 0.315 e. The van der Waals surface area contributed by atoms with Crippen LogP contribution in [0.2, 0.25) is 0 Å². The lowest BCUT2D eigenvalue weighted by Crippen LogP contribution is -2.43. The van der Waals surface area contributed by atoms with Gasteiger partial charge in [0.15, 0.2) is 0 Å². The molecule has 0 aliphatic carbocycles. The number of ether oxygens (including phenoxy) is 1. The first-order valence-electron chi connectivity index (χ1n) is 7.17. The highest BCUT2D eigenvalue weighted by Gasteiger charge is 2.22. The van der Waals surface area contributed by atoms with Gasteiger partial charge in [-0.2, -0.15) is 0 Å². The van der Waals surface area contributed by atoms with Crippen LogP contribution in [-0.4, -0.2) is 55.8 Å². The summed E-state index contributed by atoms with van der Waals surface area (Å²) < 4.78 is 5.66. The third-order valence-electron chi connectivity index (χ3n) is 3.45. The second-order valence-electron chi connectivity index (χ2n) is 5.13. The fraction of sp³-hybridized carbons (Fsp3) is 0.571. The summed E-state index contributed by atoms with van der Waals surface area (Å²) in [5, 5.41) is 17.5. The van der Waals surface area contributed by atoms with Gasteiger partial charge in [-0.05, 0) is 26.1 Å². The Hall–Kier alpha value is -1.86. The molecule has 2 rings (SSSR count). The Kier molecular flexibility index (Phi) is 5.35. The smallest absolute Gasteiger partial charge is 0.315 e. The Morgan fingerprint density at radius 3 is 2.76 bits per heavy atom. The quantitative estimate of drug-likeness (QED) is 0.615. The summed E-state index contributed by atoms with van der Waals surface area (Å²) in [7, 11) is 2.05. The summed E-state index contributed by atoms with van der Waals surface area (Å²) >= 11 is 0. The number of para-hydroxylation sites is 1. The van der Waals surface area contributed by atoms with E-state index in [1.54, 1.807) is 18.2 Å². The van der Waals surface area contributed by atoms with Gasteiger partial charge in [-0.25, -0.2) is 0 Å². The van der Waals surface area contributed by atoms with E-state index < -0.39 is 0 Å². The van der Waals surface area contributed by atoms with Gasteiger partial charge in [0.25, 0.3) is 0 Å². The van der Waals surface area contributed by atoms with Gasteiger partial charge in [-0.3, -0.25) is 10.1 Å². The fourth-order valence-corrected chi connectivity index (χ4v) is 2.43. The van der Waals surface area contributed by atoms with Gasteiger partial charge < -0.3 is 20.3 Å². The molecule has 1 aliphatic heterocycles. The largest absolute Gasteiger partial charge is 0.380 e. The number of likely N-dealkylation sites (N-methyl/N-ethyl adjacent to an activating group) is 1. The molecule has 7 heteroatoms. The third kappa shape index (κ3) is 4.05. The van der Waals surface area contributed by atoms with Crippen molar-refractivity contribution < 1.29 is 9.66 Å². The monoisotopic (exact) mass is 294 g/mol. The molecule has 1 saturated heterocycles. The van der Waals surface area contributed by atoms with Crippen LogP contribution in [0.1, 0.15) is 6.92 Å². The zero-order chi connectivity index (χ0) is 15.2. The van der Waals surface area contributed by atoms with Crippen molar-refractivity contribution in [1.82, 2.24) is 4.90 Å². The van der Waals surface area contributed by atoms with Crippen LogP contribution in [0.15, 0.2) is 18.2 Å². The summed E-state index contributed by atoms with van der Waals surface area (Å²) in [6, 6.07) is 5.25. The molecule has 1 aromatic rings. The Bertz CT molecular complexity index is 495. The lowest BCUT2D eigenvalue weighted by Gasteiger charge is -2.30. The highest BCUT2D eigenvalue weighted by atomic mass is 16.6. The van der Waals surface area contributed by atoms with Crippen LogP contribution in [-0.2, 0) is 4.74 Å². The molecule has 116 valence electrons. The van der Waals surface area contributed by atoms with E-state index in [0.29, 0.717) is 31.1 Å². The van der Waals surface area contributed by atoms with E-state index in [9.17, 15) is 10.1 Å². The highest BCUT2D eigenvalue weighted by Crippen LogP contribution is 2.32. The van der Waals surface area contributed by atoms with Crippen LogP contribution < -0.4 is 10.6 Å². The zero-order valence-electron chi connectivity index (χ0n) is 12.5. The Morgan fingerprint density at radius 1 is 1.43 bits per heavy atom. The molecule has 1 unspecified atom stereocenters. The number of hydrogen-bond donors (Lipinski definition) is 2. The molecule has 21 heavy (non-hydrogen) atoms. The van der Waals surface area contributed by atoms with Gasteiger partial charge in [-0.1, -0.05) is 6.07 Å². The second kappa shape index (κ2) is 7.24. The van der Waals surface area contributed by atoms with Gasteiger partial charge in [0.05, 0.1) is 17.6 Å². The zero-order valence-corrected chi connectivity index (χ0v) is 12.5. The van der Waals surface area contributed by atoms with Crippen molar-refractivity contribution in [2.75, 3.05) is 50.5 Å². The van der Waals surface area contributed by atoms with Crippen molar-refractivity contribution in [3.05, 3.63) is 28.3 Å². The summed E-state index contributed by atoms with van der Waals surface area (Å²) in [4.78, 5) is 13.1. The number of nitro benzene ring substituents is 1. The number of hydrogen-bond acceptors (Lipinski definition) is 6. The number of nitrogens with zero attached hydrogens (tertiary/aromatic N) is 2. The van der Waals surface area contributed by atoms with Crippen molar-refractivity contribution in [3.8, 4) is 0 Å². The number of benzene rings is 1. The molecule has 1 atom stereocenters. The normalized spacial score (nSPS) is 19.2. The standard InChI is InChI=1S/C14H22N4O3/c1-3-15-12-5-4-6-13(14(12)18(19)20)16-9-11-10-17(2)7-8-21-11/h4-6,11,15-16H,3,7-10H2,1-2H3. The molecular formula is C14H22N4O3. The molecule has 0 bridgehead atoms. The summed E-state index contributed by atoms with van der Waals surface area (Å²) in [5.41, 5.74) is 1.15. The van der Waals surface area contributed by atoms with Crippen molar-refractivity contribution >= 4 is 17.1 Å². The Morgan fingerprint density at radius 2 is 2.14 bits per heavy atom. The molecule has 0 amide bonds. The lowest BCUT2D eigenvalue weighted by atomic mass is 10.2.